The molecule has 0 radical (unpaired) electrons. The van der Waals surface area contributed by atoms with E-state index >= 15 is 0 Å². The quantitative estimate of drug-likeness (QED) is 0.107. The highest BCUT2D eigenvalue weighted by molar-refractivity contribution is 6.89. The molecule has 7 atom stereocenters. The lowest BCUT2D eigenvalue weighted by molar-refractivity contribution is 0.328. The van der Waals surface area contributed by atoms with Crippen LogP contribution in [0, 0.1) is 28.6 Å². The Balaban J connectivity index is 0.904. The Morgan fingerprint density at radius 2 is 0.772 bits per heavy atom. The second kappa shape index (κ2) is 30.8. The number of benzene rings is 14. The smallest absolute Gasteiger partial charge is 0.221 e. The summed E-state index contributed by atoms with van der Waals surface area (Å²) in [5, 5.41) is 2.48. The SMILES string of the molecule is CC(C)(C)C1=CC2=C(c3ccc4c(c3)B3c5ccc(-n6c7ccccc7c7ccccc76)cc5N(c5c(-c6ccccc6)cc(C(C)(C)C)cc5-c5ccccc5)C5CC(N(c6ccc(-c7ccccc7)cc6)c6ccc(-c7ccccc7)cc6)CC(C35)N4c3c(-c4ccccc4)cc(C(C)(C)C)cc3-c3ccccc3)C=C3C=C(C(C)(C)C)CC4C=CC(=C1)C2C34. The third-order valence-electron chi connectivity index (χ3n) is 29.3. The minimum Gasteiger partial charge on any atom is -0.338 e. The summed E-state index contributed by atoms with van der Waals surface area (Å²) in [6, 6.07) is 131. The first kappa shape index (κ1) is 79.7. The first-order valence-corrected chi connectivity index (χ1v) is 46.4. The molecule has 5 heteroatoms. The van der Waals surface area contributed by atoms with Crippen molar-refractivity contribution < 1.29 is 0 Å². The first-order valence-electron chi connectivity index (χ1n) is 46.4. The van der Waals surface area contributed by atoms with Crippen LogP contribution in [0.15, 0.2) is 404 Å². The van der Waals surface area contributed by atoms with Gasteiger partial charge < -0.3 is 19.3 Å². The minimum absolute atomic E-state index is 0.00842. The summed E-state index contributed by atoms with van der Waals surface area (Å²) < 4.78 is 2.58. The Kier molecular flexibility index (Phi) is 19.3. The Labute approximate surface area is 752 Å². The molecule has 22 rings (SSSR count). The lowest BCUT2D eigenvalue weighted by Crippen LogP contribution is -2.70. The first-order chi connectivity index (χ1) is 61.5. The number of nitrogens with zero attached hydrogens (tertiary/aromatic N) is 4. The molecular weight excluding hydrogens is 1530 g/mol. The summed E-state index contributed by atoms with van der Waals surface area (Å²) in [6.07, 6.45) is 18.4. The van der Waals surface area contributed by atoms with Gasteiger partial charge in [0.2, 0.25) is 6.71 Å². The van der Waals surface area contributed by atoms with Crippen LogP contribution >= 0.6 is 0 Å². The maximum Gasteiger partial charge on any atom is 0.221 e. The summed E-state index contributed by atoms with van der Waals surface area (Å²) >= 11 is 0. The van der Waals surface area contributed by atoms with Gasteiger partial charge in [-0.05, 0) is 226 Å². The van der Waals surface area contributed by atoms with Crippen molar-refractivity contribution in [3.8, 4) is 72.4 Å². The maximum atomic E-state index is 3.01. The van der Waals surface area contributed by atoms with Crippen LogP contribution in [0.3, 0.4) is 0 Å². The van der Waals surface area contributed by atoms with E-state index in [0.29, 0.717) is 11.8 Å². The van der Waals surface area contributed by atoms with E-state index in [1.807, 2.05) is 0 Å². The molecule has 14 aromatic carbocycles. The molecule has 2 aliphatic heterocycles. The van der Waals surface area contributed by atoms with Crippen molar-refractivity contribution in [2.24, 2.45) is 28.6 Å². The van der Waals surface area contributed by atoms with Crippen LogP contribution in [0.4, 0.5) is 34.1 Å². The average Bonchev–Trinajstić information content (AvgIpc) is 0.895. The molecule has 4 nitrogen and oxygen atoms in total. The van der Waals surface area contributed by atoms with Crippen LogP contribution in [0.2, 0.25) is 5.82 Å². The van der Waals surface area contributed by atoms with Gasteiger partial charge in [-0.3, -0.25) is 0 Å². The van der Waals surface area contributed by atoms with E-state index in [2.05, 4.69) is 479 Å². The molecule has 0 spiro atoms. The predicted molar refractivity (Wildman–Crippen MR) is 541 cm³/mol. The lowest BCUT2D eigenvalue weighted by atomic mass is 9.26. The molecule has 0 saturated heterocycles. The zero-order valence-electron chi connectivity index (χ0n) is 75.3. The second-order valence-electron chi connectivity index (χ2n) is 41.1. The third-order valence-corrected chi connectivity index (χ3v) is 29.3. The van der Waals surface area contributed by atoms with E-state index in [1.165, 1.54) is 172 Å². The second-order valence-corrected chi connectivity index (χ2v) is 41.1. The molecular formula is C122H111BN4. The molecule has 0 amide bonds. The number of aromatic nitrogens is 1. The zero-order chi connectivity index (χ0) is 86.5. The molecule has 1 saturated carbocycles. The van der Waals surface area contributed by atoms with Crippen molar-refractivity contribution in [1.29, 1.82) is 0 Å². The van der Waals surface area contributed by atoms with Crippen molar-refractivity contribution in [1.82, 2.24) is 4.57 Å². The highest BCUT2D eigenvalue weighted by atomic mass is 15.3. The van der Waals surface area contributed by atoms with E-state index in [4.69, 9.17) is 0 Å². The Morgan fingerprint density at radius 3 is 1.22 bits per heavy atom. The average molecular weight is 1640 g/mol. The van der Waals surface area contributed by atoms with Gasteiger partial charge in [0.1, 0.15) is 0 Å². The van der Waals surface area contributed by atoms with Crippen LogP contribution in [-0.4, -0.2) is 29.4 Å². The highest BCUT2D eigenvalue weighted by Gasteiger charge is 2.59. The Bertz CT molecular complexity index is 6760. The number of fused-ring (bicyclic) bond motifs is 7. The van der Waals surface area contributed by atoms with Gasteiger partial charge in [-0.2, -0.15) is 0 Å². The molecule has 1 fully saturated rings. The molecule has 7 aliphatic rings. The fourth-order valence-electron chi connectivity index (χ4n) is 22.9. The van der Waals surface area contributed by atoms with Crippen LogP contribution in [-0.2, 0) is 10.8 Å². The number of allylic oxidation sites excluding steroid dienone is 12. The molecule has 5 aliphatic carbocycles. The summed E-state index contributed by atoms with van der Waals surface area (Å²) in [6.45, 7) is 28.8. The van der Waals surface area contributed by atoms with Crippen LogP contribution in [0.1, 0.15) is 119 Å². The van der Waals surface area contributed by atoms with E-state index < -0.39 is 0 Å². The van der Waals surface area contributed by atoms with Crippen molar-refractivity contribution in [2.75, 3.05) is 14.7 Å². The highest BCUT2D eigenvalue weighted by Crippen LogP contribution is 2.62. The lowest BCUT2D eigenvalue weighted by Gasteiger charge is -2.60. The van der Waals surface area contributed by atoms with Gasteiger partial charge in [-0.15, -0.1) is 0 Å². The number of anilines is 6. The molecule has 0 bridgehead atoms. The molecule has 127 heavy (non-hydrogen) atoms. The fraction of sp³-hybridized carbons (Fsp3) is 0.213. The van der Waals surface area contributed by atoms with Crippen molar-refractivity contribution in [3.05, 3.63) is 421 Å². The molecule has 15 aromatic rings. The molecule has 7 unspecified atom stereocenters. The molecule has 3 heterocycles. The standard InChI is InChI=1S/C122H111BN4/c1-119(2,3)90-65-87-51-52-88-66-91(120(4,5)6)74-105-100(68-89(67-90)114(87)115(88)105)86-57-64-110-107(69-86)123-106-63-62-96(125-108-49-33-31-47-98(108)99-48-32-34-50-109(99)125)75-111(106)127(118-103(84-43-27-17-28-44-84)72-93(122(10,11)12)73-104(118)85-45-29-18-30-46-85)113-77-97(124(94-58-53-80(54-59-94)78-35-19-13-20-36-78)95-60-55-81(56-61-95)79-37-21-14-22-38-79)76-112(116(113)123)126(110)117-101(82-39-23-15-24-40-82)70-92(121(7,8)9)71-102(117)83-41-25-16-26-42-83/h13-64,66-75,87,97,112-116H,65,76-77H2,1-12H3. The molecule has 0 N–H and O–H groups in total. The number of hydrogen-bond donors (Lipinski definition) is 0. The Morgan fingerprint density at radius 1 is 0.346 bits per heavy atom. The van der Waals surface area contributed by atoms with Crippen molar-refractivity contribution in [3.63, 3.8) is 0 Å². The number of hydrogen-bond acceptors (Lipinski definition) is 3. The third kappa shape index (κ3) is 13.9. The summed E-state index contributed by atoms with van der Waals surface area (Å²) in [7, 11) is 0. The van der Waals surface area contributed by atoms with Crippen molar-refractivity contribution in [2.45, 2.75) is 137 Å². The van der Waals surface area contributed by atoms with Crippen molar-refractivity contribution >= 4 is 79.1 Å². The largest absolute Gasteiger partial charge is 0.338 e. The number of para-hydroxylation sites is 2. The molecule has 1 aromatic heterocycles. The van der Waals surface area contributed by atoms with Crippen LogP contribution < -0.4 is 25.6 Å². The van der Waals surface area contributed by atoms with Gasteiger partial charge >= 0.3 is 0 Å². The minimum atomic E-state index is -0.225. The predicted octanol–water partition coefficient (Wildman–Crippen LogP) is 30.8. The Hall–Kier alpha value is -13.2. The summed E-state index contributed by atoms with van der Waals surface area (Å²) in [5.74, 6) is 0.889. The van der Waals surface area contributed by atoms with E-state index in [-0.39, 0.29) is 58.2 Å². The fourth-order valence-corrected chi connectivity index (χ4v) is 22.9. The maximum absolute atomic E-state index is 3.01. The van der Waals surface area contributed by atoms with Crippen LogP contribution in [0.5, 0.6) is 0 Å². The monoisotopic (exact) mass is 1640 g/mol. The van der Waals surface area contributed by atoms with Gasteiger partial charge in [-0.25, -0.2) is 0 Å². The van der Waals surface area contributed by atoms with E-state index in [0.717, 1.165) is 36.3 Å². The number of rotatable bonds is 13. The van der Waals surface area contributed by atoms with E-state index in [1.54, 1.807) is 0 Å². The van der Waals surface area contributed by atoms with Gasteiger partial charge in [0, 0.05) is 91.4 Å². The summed E-state index contributed by atoms with van der Waals surface area (Å²) in [4.78, 5) is 8.80. The van der Waals surface area contributed by atoms with E-state index in [9.17, 15) is 0 Å². The van der Waals surface area contributed by atoms with Gasteiger partial charge in [0.05, 0.1) is 22.4 Å². The molecule has 622 valence electrons. The zero-order valence-corrected chi connectivity index (χ0v) is 75.3. The topological polar surface area (TPSA) is 14.7 Å². The van der Waals surface area contributed by atoms with Gasteiger partial charge in [0.25, 0.3) is 0 Å². The van der Waals surface area contributed by atoms with Gasteiger partial charge in [-0.1, -0.05) is 391 Å². The summed E-state index contributed by atoms with van der Waals surface area (Å²) in [5.41, 5.74) is 39.9. The normalized spacial score (nSPS) is 19.4. The van der Waals surface area contributed by atoms with Gasteiger partial charge in [0.15, 0.2) is 0 Å². The van der Waals surface area contributed by atoms with Crippen LogP contribution in [0.25, 0.3) is 99.8 Å².